The largest absolute Gasteiger partial charge is 0.464 e. The van der Waals surface area contributed by atoms with E-state index in [2.05, 4.69) is 0 Å². The minimum Gasteiger partial charge on any atom is -0.464 e. The van der Waals surface area contributed by atoms with Gasteiger partial charge in [0.1, 0.15) is 0 Å². The zero-order valence-corrected chi connectivity index (χ0v) is 12.2. The molecule has 0 saturated heterocycles. The van der Waals surface area contributed by atoms with Crippen molar-refractivity contribution < 1.29 is 18.9 Å². The van der Waals surface area contributed by atoms with E-state index in [9.17, 15) is 0 Å². The van der Waals surface area contributed by atoms with Gasteiger partial charge in [-0.1, -0.05) is 12.8 Å². The minimum absolute atomic E-state index is 0.164. The highest BCUT2D eigenvalue weighted by molar-refractivity contribution is 5.58. The van der Waals surface area contributed by atoms with E-state index in [0.29, 0.717) is 17.4 Å². The zero-order chi connectivity index (χ0) is 14.4. The first kappa shape index (κ1) is 14.9. The van der Waals surface area contributed by atoms with Crippen LogP contribution in [0, 0.1) is 0 Å². The quantitative estimate of drug-likeness (QED) is 0.615. The molecule has 0 radical (unpaired) electrons. The molecule has 5 heteroatoms. The smallest absolute Gasteiger partial charge is 0.188 e. The highest BCUT2D eigenvalue weighted by Crippen LogP contribution is 2.44. The zero-order valence-electron chi connectivity index (χ0n) is 12.2. The minimum atomic E-state index is 0.164. The fraction of sp³-hybridized carbons (Fsp3) is 0.600. The molecule has 0 atom stereocenters. The van der Waals surface area contributed by atoms with Crippen molar-refractivity contribution >= 4 is 5.69 Å². The summed E-state index contributed by atoms with van der Waals surface area (Å²) in [5.74, 6) is 1.83. The molecule has 2 N–H and O–H groups in total. The van der Waals surface area contributed by atoms with Crippen LogP contribution in [0.25, 0.3) is 0 Å². The molecule has 1 saturated carbocycles. The average molecular weight is 281 g/mol. The fourth-order valence-corrected chi connectivity index (χ4v) is 2.69. The van der Waals surface area contributed by atoms with Gasteiger partial charge in [-0.2, -0.15) is 0 Å². The van der Waals surface area contributed by atoms with Crippen LogP contribution in [-0.4, -0.2) is 27.8 Å². The van der Waals surface area contributed by atoms with E-state index in [1.807, 2.05) is 6.07 Å². The van der Waals surface area contributed by atoms with Gasteiger partial charge in [0, 0.05) is 31.5 Å². The van der Waals surface area contributed by atoms with E-state index < -0.39 is 0 Å². The summed E-state index contributed by atoms with van der Waals surface area (Å²) in [6, 6.07) is 3.75. The Bertz CT molecular complexity index is 430. The van der Waals surface area contributed by atoms with Crippen LogP contribution in [0.1, 0.15) is 37.2 Å². The molecule has 0 aromatic heterocycles. The molecular formula is C15H23NO4. The number of anilines is 1. The van der Waals surface area contributed by atoms with Crippen LogP contribution in [-0.2, 0) is 9.47 Å². The maximum Gasteiger partial charge on any atom is 0.188 e. The van der Waals surface area contributed by atoms with Gasteiger partial charge in [-0.25, -0.2) is 0 Å². The number of ether oxygens (including phenoxy) is 4. The number of methoxy groups -OCH3 is 2. The molecule has 0 aliphatic heterocycles. The van der Waals surface area contributed by atoms with Crippen molar-refractivity contribution in [2.45, 2.75) is 31.6 Å². The highest BCUT2D eigenvalue weighted by atomic mass is 16.7. The molecule has 112 valence electrons. The number of hydrogen-bond acceptors (Lipinski definition) is 5. The molecule has 0 amide bonds. The summed E-state index contributed by atoms with van der Waals surface area (Å²) in [6.45, 7) is 0.351. The molecule has 2 rings (SSSR count). The van der Waals surface area contributed by atoms with Crippen molar-refractivity contribution in [2.24, 2.45) is 0 Å². The molecule has 5 nitrogen and oxygen atoms in total. The van der Waals surface area contributed by atoms with Gasteiger partial charge in [0.25, 0.3) is 0 Å². The summed E-state index contributed by atoms with van der Waals surface area (Å²) in [7, 11) is 3.18. The van der Waals surface area contributed by atoms with Gasteiger partial charge in [0.2, 0.25) is 0 Å². The van der Waals surface area contributed by atoms with E-state index in [0.717, 1.165) is 24.2 Å². The van der Waals surface area contributed by atoms with E-state index in [-0.39, 0.29) is 13.6 Å². The molecule has 0 heterocycles. The summed E-state index contributed by atoms with van der Waals surface area (Å²) in [4.78, 5) is 0. The number of hydrogen-bond donors (Lipinski definition) is 1. The molecule has 0 unspecified atom stereocenters. The Morgan fingerprint density at radius 1 is 1.05 bits per heavy atom. The topological polar surface area (TPSA) is 62.9 Å². The molecular weight excluding hydrogens is 258 g/mol. The number of nitrogen functional groups attached to an aromatic ring is 1. The number of nitrogens with two attached hydrogens (primary N) is 1. The van der Waals surface area contributed by atoms with Crippen molar-refractivity contribution in [2.75, 3.05) is 33.5 Å². The third-order valence-electron chi connectivity index (χ3n) is 3.55. The van der Waals surface area contributed by atoms with Gasteiger partial charge in [-0.15, -0.1) is 0 Å². The second kappa shape index (κ2) is 7.36. The van der Waals surface area contributed by atoms with Gasteiger partial charge in [-0.3, -0.25) is 0 Å². The Morgan fingerprint density at radius 2 is 1.70 bits per heavy atom. The molecule has 1 aliphatic carbocycles. The maximum atomic E-state index is 5.99. The lowest BCUT2D eigenvalue weighted by molar-refractivity contribution is 0.0315. The van der Waals surface area contributed by atoms with Gasteiger partial charge < -0.3 is 24.7 Å². The Morgan fingerprint density at radius 3 is 2.35 bits per heavy atom. The van der Waals surface area contributed by atoms with Gasteiger partial charge in [0.15, 0.2) is 25.1 Å². The summed E-state index contributed by atoms with van der Waals surface area (Å²) < 4.78 is 21.3. The molecule has 1 aliphatic rings. The second-order valence-electron chi connectivity index (χ2n) is 5.02. The molecule has 20 heavy (non-hydrogen) atoms. The molecule has 0 bridgehead atoms. The molecule has 0 spiro atoms. The van der Waals surface area contributed by atoms with Crippen LogP contribution in [0.5, 0.6) is 11.5 Å². The third-order valence-corrected chi connectivity index (χ3v) is 3.55. The first-order valence-corrected chi connectivity index (χ1v) is 6.93. The lowest BCUT2D eigenvalue weighted by Gasteiger charge is -2.20. The van der Waals surface area contributed by atoms with Crippen LogP contribution in [0.3, 0.4) is 0 Å². The van der Waals surface area contributed by atoms with Crippen molar-refractivity contribution in [3.05, 3.63) is 17.7 Å². The van der Waals surface area contributed by atoms with Crippen LogP contribution >= 0.6 is 0 Å². The predicted molar refractivity (Wildman–Crippen MR) is 77.1 cm³/mol. The highest BCUT2D eigenvalue weighted by Gasteiger charge is 2.24. The normalized spacial score (nSPS) is 15.5. The Labute approximate surface area is 120 Å². The number of rotatable bonds is 7. The third kappa shape index (κ3) is 3.55. The van der Waals surface area contributed by atoms with Crippen LogP contribution < -0.4 is 15.2 Å². The van der Waals surface area contributed by atoms with E-state index in [4.69, 9.17) is 24.7 Å². The Hall–Kier alpha value is -1.46. The summed E-state index contributed by atoms with van der Waals surface area (Å²) >= 11 is 0. The maximum absolute atomic E-state index is 5.99. The van der Waals surface area contributed by atoms with Crippen molar-refractivity contribution in [1.82, 2.24) is 0 Å². The first-order chi connectivity index (χ1) is 9.76. The van der Waals surface area contributed by atoms with Crippen LogP contribution in [0.4, 0.5) is 5.69 Å². The lowest BCUT2D eigenvalue weighted by Crippen LogP contribution is -2.08. The van der Waals surface area contributed by atoms with Gasteiger partial charge in [0.05, 0.1) is 0 Å². The SMILES string of the molecule is COCOc1cc(N)cc(C2CCCC2)c1OCOC. The van der Waals surface area contributed by atoms with E-state index in [1.165, 1.54) is 12.8 Å². The van der Waals surface area contributed by atoms with Crippen molar-refractivity contribution in [3.8, 4) is 11.5 Å². The monoisotopic (exact) mass is 281 g/mol. The molecule has 1 aromatic carbocycles. The molecule has 1 aromatic rings. The fourth-order valence-electron chi connectivity index (χ4n) is 2.69. The van der Waals surface area contributed by atoms with E-state index in [1.54, 1.807) is 20.3 Å². The standard InChI is InChI=1S/C15H23NO4/c1-17-9-19-14-8-12(16)7-13(11-5-3-4-6-11)15(14)20-10-18-2/h7-8,11H,3-6,9-10,16H2,1-2H3. The first-order valence-electron chi connectivity index (χ1n) is 6.93. The van der Waals surface area contributed by atoms with Crippen LogP contribution in [0.2, 0.25) is 0 Å². The summed E-state index contributed by atoms with van der Waals surface area (Å²) in [5.41, 5.74) is 7.79. The number of benzene rings is 1. The average Bonchev–Trinajstić information content (AvgIpc) is 2.97. The summed E-state index contributed by atoms with van der Waals surface area (Å²) in [5, 5.41) is 0. The predicted octanol–water partition coefficient (Wildman–Crippen LogP) is 2.89. The van der Waals surface area contributed by atoms with Crippen molar-refractivity contribution in [3.63, 3.8) is 0 Å². The Balaban J connectivity index is 2.32. The van der Waals surface area contributed by atoms with Gasteiger partial charge >= 0.3 is 0 Å². The second-order valence-corrected chi connectivity index (χ2v) is 5.02. The Kier molecular flexibility index (Phi) is 5.49. The summed E-state index contributed by atoms with van der Waals surface area (Å²) in [6.07, 6.45) is 4.82. The van der Waals surface area contributed by atoms with Gasteiger partial charge in [-0.05, 0) is 24.8 Å². The van der Waals surface area contributed by atoms with E-state index >= 15 is 0 Å². The van der Waals surface area contributed by atoms with Crippen molar-refractivity contribution in [1.29, 1.82) is 0 Å². The lowest BCUT2D eigenvalue weighted by atomic mass is 9.95. The van der Waals surface area contributed by atoms with Crippen LogP contribution in [0.15, 0.2) is 12.1 Å². The molecule has 1 fully saturated rings.